The molecular weight excluding hydrogens is 733 g/mol. The molecule has 0 rings (SSSR count). The molecule has 350 valence electrons. The van der Waals surface area contributed by atoms with Crippen LogP contribution in [0.15, 0.2) is 0 Å². The van der Waals surface area contributed by atoms with Gasteiger partial charge in [0.25, 0.3) is 0 Å². The largest absolute Gasteiger partial charge is 0.462 e. The van der Waals surface area contributed by atoms with Gasteiger partial charge in [-0.1, -0.05) is 259 Å². The fourth-order valence-electron chi connectivity index (χ4n) is 8.04. The summed E-state index contributed by atoms with van der Waals surface area (Å²) in [5.41, 5.74) is 0. The van der Waals surface area contributed by atoms with Crippen LogP contribution in [0.2, 0.25) is 0 Å². The van der Waals surface area contributed by atoms with Gasteiger partial charge in [-0.25, -0.2) is 0 Å². The van der Waals surface area contributed by atoms with Crippen LogP contribution < -0.4 is 0 Å². The molecule has 0 fully saturated rings. The lowest BCUT2D eigenvalue weighted by molar-refractivity contribution is -0.167. The summed E-state index contributed by atoms with van der Waals surface area (Å²) in [6.07, 6.45) is 49.4. The highest BCUT2D eigenvalue weighted by Gasteiger charge is 2.19. The SMILES string of the molecule is CCCCCCCCCCCCCCCCCCCC(=O)O[C@H](COC(=O)CCCCCCCCCCCCC)COC(=O)CCCCCCCCCCCCC(C)C. The van der Waals surface area contributed by atoms with Gasteiger partial charge in [0.2, 0.25) is 0 Å². The molecule has 0 aliphatic carbocycles. The maximum Gasteiger partial charge on any atom is 0.306 e. The van der Waals surface area contributed by atoms with Gasteiger partial charge in [-0.05, 0) is 25.2 Å². The second-order valence-electron chi connectivity index (χ2n) is 18.6. The second-order valence-corrected chi connectivity index (χ2v) is 18.6. The molecule has 6 heteroatoms. The quantitative estimate of drug-likeness (QED) is 0.0345. The lowest BCUT2D eigenvalue weighted by atomic mass is 10.0. The van der Waals surface area contributed by atoms with Crippen molar-refractivity contribution in [2.24, 2.45) is 5.92 Å². The van der Waals surface area contributed by atoms with Crippen molar-refractivity contribution in [2.45, 2.75) is 303 Å². The van der Waals surface area contributed by atoms with Crippen molar-refractivity contribution < 1.29 is 28.6 Å². The van der Waals surface area contributed by atoms with Crippen LogP contribution in [-0.2, 0) is 28.6 Å². The maximum absolute atomic E-state index is 12.8. The Hall–Kier alpha value is -1.59. The van der Waals surface area contributed by atoms with Crippen molar-refractivity contribution in [3.63, 3.8) is 0 Å². The Morgan fingerprint density at radius 1 is 0.322 bits per heavy atom. The predicted octanol–water partition coefficient (Wildman–Crippen LogP) is 17.1. The third-order valence-electron chi connectivity index (χ3n) is 12.0. The summed E-state index contributed by atoms with van der Waals surface area (Å²) in [6, 6.07) is 0. The third-order valence-corrected chi connectivity index (χ3v) is 12.0. The van der Waals surface area contributed by atoms with Crippen molar-refractivity contribution >= 4 is 17.9 Å². The lowest BCUT2D eigenvalue weighted by Gasteiger charge is -2.18. The Morgan fingerprint density at radius 3 is 0.831 bits per heavy atom. The van der Waals surface area contributed by atoms with E-state index in [0.29, 0.717) is 19.3 Å². The fraction of sp³-hybridized carbons (Fsp3) is 0.943. The molecule has 0 radical (unpaired) electrons. The number of carbonyl (C=O) groups excluding carboxylic acids is 3. The highest BCUT2D eigenvalue weighted by molar-refractivity contribution is 5.71. The average Bonchev–Trinajstić information content (AvgIpc) is 3.22. The first kappa shape index (κ1) is 57.4. The van der Waals surface area contributed by atoms with Crippen LogP contribution in [-0.4, -0.2) is 37.2 Å². The number of hydrogen-bond donors (Lipinski definition) is 0. The van der Waals surface area contributed by atoms with E-state index in [1.807, 2.05) is 0 Å². The topological polar surface area (TPSA) is 78.9 Å². The van der Waals surface area contributed by atoms with Gasteiger partial charge in [0.1, 0.15) is 13.2 Å². The molecule has 0 unspecified atom stereocenters. The molecule has 0 heterocycles. The van der Waals surface area contributed by atoms with Crippen LogP contribution >= 0.6 is 0 Å². The van der Waals surface area contributed by atoms with Gasteiger partial charge in [0, 0.05) is 19.3 Å². The van der Waals surface area contributed by atoms with Gasteiger partial charge in [-0.2, -0.15) is 0 Å². The minimum atomic E-state index is -0.760. The summed E-state index contributed by atoms with van der Waals surface area (Å²) in [4.78, 5) is 37.9. The first-order chi connectivity index (χ1) is 28.9. The molecule has 0 saturated heterocycles. The first-order valence-corrected chi connectivity index (χ1v) is 26.4. The summed E-state index contributed by atoms with van der Waals surface area (Å²) in [5.74, 6) is -0.0256. The molecule has 0 amide bonds. The summed E-state index contributed by atoms with van der Waals surface area (Å²) >= 11 is 0. The van der Waals surface area contributed by atoms with Gasteiger partial charge < -0.3 is 14.2 Å². The van der Waals surface area contributed by atoms with E-state index in [4.69, 9.17) is 14.2 Å². The molecule has 0 N–H and O–H groups in total. The normalized spacial score (nSPS) is 11.9. The van der Waals surface area contributed by atoms with Crippen molar-refractivity contribution in [2.75, 3.05) is 13.2 Å². The van der Waals surface area contributed by atoms with Crippen molar-refractivity contribution in [1.82, 2.24) is 0 Å². The molecule has 0 aromatic rings. The summed E-state index contributed by atoms with van der Waals surface area (Å²) in [7, 11) is 0. The number of hydrogen-bond acceptors (Lipinski definition) is 6. The number of ether oxygens (including phenoxy) is 3. The molecule has 59 heavy (non-hydrogen) atoms. The third kappa shape index (κ3) is 47.3. The van der Waals surface area contributed by atoms with Gasteiger partial charge in [-0.3, -0.25) is 14.4 Å². The van der Waals surface area contributed by atoms with Crippen LogP contribution in [0.3, 0.4) is 0 Å². The van der Waals surface area contributed by atoms with Gasteiger partial charge in [0.05, 0.1) is 0 Å². The molecule has 0 aromatic heterocycles. The zero-order valence-electron chi connectivity index (χ0n) is 40.2. The zero-order chi connectivity index (χ0) is 43.1. The monoisotopic (exact) mass is 835 g/mol. The summed E-state index contributed by atoms with van der Waals surface area (Å²) in [5, 5.41) is 0. The molecule has 0 bridgehead atoms. The van der Waals surface area contributed by atoms with E-state index in [-0.39, 0.29) is 31.1 Å². The van der Waals surface area contributed by atoms with E-state index in [2.05, 4.69) is 27.7 Å². The average molecular weight is 835 g/mol. The van der Waals surface area contributed by atoms with E-state index < -0.39 is 6.10 Å². The lowest BCUT2D eigenvalue weighted by Crippen LogP contribution is -2.30. The highest BCUT2D eigenvalue weighted by atomic mass is 16.6. The van der Waals surface area contributed by atoms with Crippen molar-refractivity contribution in [3.05, 3.63) is 0 Å². The van der Waals surface area contributed by atoms with Crippen molar-refractivity contribution in [3.8, 4) is 0 Å². The van der Waals surface area contributed by atoms with Gasteiger partial charge >= 0.3 is 17.9 Å². The summed E-state index contributed by atoms with van der Waals surface area (Å²) < 4.78 is 16.8. The van der Waals surface area contributed by atoms with Crippen molar-refractivity contribution in [1.29, 1.82) is 0 Å². The van der Waals surface area contributed by atoms with Crippen LogP contribution in [0.1, 0.15) is 297 Å². The minimum Gasteiger partial charge on any atom is -0.462 e. The Bertz CT molecular complexity index is 887. The maximum atomic E-state index is 12.8. The molecule has 0 aliphatic heterocycles. The Morgan fingerprint density at radius 2 is 0.559 bits per heavy atom. The van der Waals surface area contributed by atoms with Gasteiger partial charge in [-0.15, -0.1) is 0 Å². The molecular formula is C53H102O6. The molecule has 0 aliphatic rings. The number of unbranched alkanes of at least 4 members (excludes halogenated alkanes) is 35. The van der Waals surface area contributed by atoms with Gasteiger partial charge in [0.15, 0.2) is 6.10 Å². The fourth-order valence-corrected chi connectivity index (χ4v) is 8.04. The first-order valence-electron chi connectivity index (χ1n) is 26.4. The highest BCUT2D eigenvalue weighted by Crippen LogP contribution is 2.17. The van der Waals surface area contributed by atoms with E-state index in [9.17, 15) is 14.4 Å². The number of rotatable bonds is 48. The minimum absolute atomic E-state index is 0.0628. The number of esters is 3. The smallest absolute Gasteiger partial charge is 0.306 e. The molecule has 0 spiro atoms. The van der Waals surface area contributed by atoms with Crippen LogP contribution in [0, 0.1) is 5.92 Å². The Kier molecular flexibility index (Phi) is 46.2. The second kappa shape index (κ2) is 47.5. The van der Waals surface area contributed by atoms with E-state index in [0.717, 1.165) is 63.7 Å². The molecule has 6 nitrogen and oxygen atoms in total. The van der Waals surface area contributed by atoms with Crippen LogP contribution in [0.25, 0.3) is 0 Å². The molecule has 1 atom stereocenters. The van der Waals surface area contributed by atoms with Crippen LogP contribution in [0.4, 0.5) is 0 Å². The number of carbonyl (C=O) groups is 3. The van der Waals surface area contributed by atoms with E-state index >= 15 is 0 Å². The molecule has 0 aromatic carbocycles. The van der Waals surface area contributed by atoms with Crippen LogP contribution in [0.5, 0.6) is 0 Å². The standard InChI is InChI=1S/C53H102O6/c1-5-7-9-11-13-15-17-18-19-20-21-22-24-30-34-38-42-46-53(56)59-50(47-57-51(54)44-40-36-32-28-23-16-14-12-10-8-6-2)48-58-52(55)45-41-37-33-29-26-25-27-31-35-39-43-49(3)4/h49-50H,5-48H2,1-4H3/t50-/m1/s1. The Labute approximate surface area is 368 Å². The predicted molar refractivity (Wildman–Crippen MR) is 252 cm³/mol. The summed E-state index contributed by atoms with van der Waals surface area (Å²) in [6.45, 7) is 9.01. The van der Waals surface area contributed by atoms with E-state index in [1.165, 1.54) is 193 Å². The van der Waals surface area contributed by atoms with E-state index in [1.54, 1.807) is 0 Å². The zero-order valence-corrected chi connectivity index (χ0v) is 40.2. The Balaban J connectivity index is 4.29. The molecule has 0 saturated carbocycles.